The minimum Gasteiger partial charge on any atom is -0.469 e. The zero-order chi connectivity index (χ0) is 17.4. The van der Waals surface area contributed by atoms with E-state index < -0.39 is 0 Å². The quantitative estimate of drug-likeness (QED) is 0.627. The highest BCUT2D eigenvalue weighted by molar-refractivity contribution is 5.97. The second-order valence-electron chi connectivity index (χ2n) is 5.23. The zero-order valence-electron chi connectivity index (χ0n) is 13.5. The number of rotatable bonds is 6. The van der Waals surface area contributed by atoms with Gasteiger partial charge in [-0.1, -0.05) is 0 Å². The molecule has 2 amide bonds. The molecule has 0 aromatic heterocycles. The van der Waals surface area contributed by atoms with Crippen molar-refractivity contribution >= 4 is 23.5 Å². The minimum absolute atomic E-state index is 0.118. The number of methoxy groups -OCH3 is 1. The number of hydrogen-bond donors (Lipinski definition) is 3. The van der Waals surface area contributed by atoms with E-state index in [2.05, 4.69) is 20.7 Å². The summed E-state index contributed by atoms with van der Waals surface area (Å²) in [5.74, 6) is -0.849. The molecule has 1 aliphatic heterocycles. The fourth-order valence-electron chi connectivity index (χ4n) is 2.15. The molecule has 1 unspecified atom stereocenters. The summed E-state index contributed by atoms with van der Waals surface area (Å²) in [7, 11) is 1.30. The van der Waals surface area contributed by atoms with Crippen molar-refractivity contribution in [2.45, 2.75) is 12.5 Å². The van der Waals surface area contributed by atoms with Crippen LogP contribution in [0.15, 0.2) is 24.3 Å². The van der Waals surface area contributed by atoms with Crippen LogP contribution in [0.25, 0.3) is 0 Å². The Morgan fingerprint density at radius 3 is 2.67 bits per heavy atom. The fourth-order valence-corrected chi connectivity index (χ4v) is 2.15. The third kappa shape index (κ3) is 5.32. The minimum atomic E-state index is -0.381. The Labute approximate surface area is 139 Å². The number of esters is 1. The van der Waals surface area contributed by atoms with E-state index in [1.54, 1.807) is 24.3 Å². The van der Waals surface area contributed by atoms with E-state index in [4.69, 9.17) is 4.74 Å². The van der Waals surface area contributed by atoms with Crippen LogP contribution in [0.1, 0.15) is 16.8 Å². The van der Waals surface area contributed by atoms with E-state index in [1.165, 1.54) is 7.11 Å². The van der Waals surface area contributed by atoms with Gasteiger partial charge in [0.2, 0.25) is 5.91 Å². The summed E-state index contributed by atoms with van der Waals surface area (Å²) in [6.07, 6.45) is 0.118. The lowest BCUT2D eigenvalue weighted by atomic mass is 10.2. The lowest BCUT2D eigenvalue weighted by Gasteiger charge is -2.22. The molecule has 1 fully saturated rings. The van der Waals surface area contributed by atoms with Gasteiger partial charge in [-0.3, -0.25) is 14.4 Å². The molecule has 8 nitrogen and oxygen atoms in total. The van der Waals surface area contributed by atoms with Gasteiger partial charge in [-0.15, -0.1) is 0 Å². The Morgan fingerprint density at radius 2 is 2.04 bits per heavy atom. The Balaban J connectivity index is 1.82. The van der Waals surface area contributed by atoms with Gasteiger partial charge in [0.25, 0.3) is 5.91 Å². The Hall–Kier alpha value is -2.45. The van der Waals surface area contributed by atoms with Crippen LogP contribution in [-0.2, 0) is 19.1 Å². The molecule has 1 heterocycles. The molecular weight excluding hydrogens is 314 g/mol. The van der Waals surface area contributed by atoms with Gasteiger partial charge in [-0.05, 0) is 24.3 Å². The van der Waals surface area contributed by atoms with E-state index >= 15 is 0 Å². The van der Waals surface area contributed by atoms with Gasteiger partial charge in [0, 0.05) is 24.3 Å². The smallest absolute Gasteiger partial charge is 0.307 e. The van der Waals surface area contributed by atoms with Crippen LogP contribution < -0.4 is 16.0 Å². The summed E-state index contributed by atoms with van der Waals surface area (Å²) in [6.45, 7) is 1.79. The second kappa shape index (κ2) is 8.99. The highest BCUT2D eigenvalue weighted by atomic mass is 16.5. The van der Waals surface area contributed by atoms with Gasteiger partial charge >= 0.3 is 5.97 Å². The van der Waals surface area contributed by atoms with Gasteiger partial charge < -0.3 is 25.4 Å². The van der Waals surface area contributed by atoms with E-state index in [1.807, 2.05) is 0 Å². The molecule has 0 bridgehead atoms. The van der Waals surface area contributed by atoms with Crippen molar-refractivity contribution in [2.24, 2.45) is 0 Å². The fraction of sp³-hybridized carbons (Fsp3) is 0.438. The molecule has 0 saturated carbocycles. The molecule has 1 aliphatic rings. The molecule has 130 valence electrons. The number of benzene rings is 1. The first-order chi connectivity index (χ1) is 11.6. The predicted octanol–water partition coefficient (Wildman–Crippen LogP) is -0.0936. The first-order valence-electron chi connectivity index (χ1n) is 7.67. The van der Waals surface area contributed by atoms with Crippen molar-refractivity contribution in [2.75, 3.05) is 38.7 Å². The van der Waals surface area contributed by atoms with E-state index in [0.717, 1.165) is 0 Å². The van der Waals surface area contributed by atoms with Crippen LogP contribution in [0.4, 0.5) is 5.69 Å². The number of amides is 2. The highest BCUT2D eigenvalue weighted by Gasteiger charge is 2.21. The average Bonchev–Trinajstić information content (AvgIpc) is 2.62. The SMILES string of the molecule is COC(=O)CCNC(=O)c1ccc(NC(=O)C2COCCN2)cc1. The largest absolute Gasteiger partial charge is 0.469 e. The van der Waals surface area contributed by atoms with Crippen LogP contribution in [0.5, 0.6) is 0 Å². The monoisotopic (exact) mass is 335 g/mol. The van der Waals surface area contributed by atoms with Gasteiger partial charge in [0.15, 0.2) is 0 Å². The number of carbonyl (C=O) groups is 3. The lowest BCUT2D eigenvalue weighted by molar-refractivity contribution is -0.140. The molecule has 8 heteroatoms. The van der Waals surface area contributed by atoms with E-state index in [-0.39, 0.29) is 36.8 Å². The highest BCUT2D eigenvalue weighted by Crippen LogP contribution is 2.10. The topological polar surface area (TPSA) is 106 Å². The number of ether oxygens (including phenoxy) is 2. The van der Waals surface area contributed by atoms with Crippen LogP contribution in [0, 0.1) is 0 Å². The molecule has 1 atom stereocenters. The number of carbonyl (C=O) groups excluding carboxylic acids is 3. The van der Waals surface area contributed by atoms with Gasteiger partial charge in [-0.2, -0.15) is 0 Å². The average molecular weight is 335 g/mol. The summed E-state index contributed by atoms with van der Waals surface area (Å²) >= 11 is 0. The maximum atomic E-state index is 12.0. The maximum Gasteiger partial charge on any atom is 0.307 e. The predicted molar refractivity (Wildman–Crippen MR) is 86.6 cm³/mol. The summed E-state index contributed by atoms with van der Waals surface area (Å²) in [6, 6.07) is 6.13. The first kappa shape index (κ1) is 17.9. The summed E-state index contributed by atoms with van der Waals surface area (Å²) in [5.41, 5.74) is 1.04. The number of hydrogen-bond acceptors (Lipinski definition) is 6. The number of nitrogens with one attached hydrogen (secondary N) is 3. The van der Waals surface area contributed by atoms with Crippen molar-refractivity contribution in [3.05, 3.63) is 29.8 Å². The molecule has 3 N–H and O–H groups in total. The van der Waals surface area contributed by atoms with Crippen LogP contribution in [0.2, 0.25) is 0 Å². The molecule has 1 saturated heterocycles. The molecule has 0 spiro atoms. The summed E-state index contributed by atoms with van der Waals surface area (Å²) < 4.78 is 9.74. The second-order valence-corrected chi connectivity index (χ2v) is 5.23. The van der Waals surface area contributed by atoms with Gasteiger partial charge in [0.1, 0.15) is 6.04 Å². The van der Waals surface area contributed by atoms with Crippen molar-refractivity contribution in [3.63, 3.8) is 0 Å². The third-order valence-corrected chi connectivity index (χ3v) is 3.50. The summed E-state index contributed by atoms with van der Waals surface area (Å²) in [5, 5.41) is 8.46. The van der Waals surface area contributed by atoms with Gasteiger partial charge in [-0.25, -0.2) is 0 Å². The van der Waals surface area contributed by atoms with Crippen molar-refractivity contribution in [1.82, 2.24) is 10.6 Å². The number of morpholine rings is 1. The van der Waals surface area contributed by atoms with Crippen molar-refractivity contribution < 1.29 is 23.9 Å². The molecule has 0 aliphatic carbocycles. The maximum absolute atomic E-state index is 12.0. The van der Waals surface area contributed by atoms with Crippen LogP contribution in [0.3, 0.4) is 0 Å². The third-order valence-electron chi connectivity index (χ3n) is 3.50. The van der Waals surface area contributed by atoms with Crippen LogP contribution >= 0.6 is 0 Å². The Morgan fingerprint density at radius 1 is 1.29 bits per heavy atom. The standard InChI is InChI=1S/C16H21N3O5/c1-23-14(20)6-7-18-15(21)11-2-4-12(5-3-11)19-16(22)13-10-24-9-8-17-13/h2-5,13,17H,6-10H2,1H3,(H,18,21)(H,19,22). The zero-order valence-corrected chi connectivity index (χ0v) is 13.5. The Kier molecular flexibility index (Phi) is 6.71. The number of anilines is 1. The van der Waals surface area contributed by atoms with Gasteiger partial charge in [0.05, 0.1) is 26.7 Å². The summed E-state index contributed by atoms with van der Waals surface area (Å²) in [4.78, 5) is 34.9. The molecule has 1 aromatic carbocycles. The Bertz CT molecular complexity index is 582. The van der Waals surface area contributed by atoms with Crippen LogP contribution in [-0.4, -0.2) is 57.2 Å². The van der Waals surface area contributed by atoms with E-state index in [9.17, 15) is 14.4 Å². The molecular formula is C16H21N3O5. The van der Waals surface area contributed by atoms with Crippen molar-refractivity contribution in [3.8, 4) is 0 Å². The first-order valence-corrected chi connectivity index (χ1v) is 7.67. The molecule has 2 rings (SSSR count). The normalized spacial score (nSPS) is 17.0. The lowest BCUT2D eigenvalue weighted by Crippen LogP contribution is -2.48. The molecule has 1 aromatic rings. The van der Waals surface area contributed by atoms with E-state index in [0.29, 0.717) is 31.0 Å². The van der Waals surface area contributed by atoms with Crippen molar-refractivity contribution in [1.29, 1.82) is 0 Å². The molecule has 24 heavy (non-hydrogen) atoms. The molecule has 0 radical (unpaired) electrons.